The number of rotatable bonds is 5. The summed E-state index contributed by atoms with van der Waals surface area (Å²) in [7, 11) is 2.10. The summed E-state index contributed by atoms with van der Waals surface area (Å²) in [6, 6.07) is 9.53. The number of anilines is 3. The van der Waals surface area contributed by atoms with Crippen LogP contribution in [0.1, 0.15) is 30.4 Å². The van der Waals surface area contributed by atoms with E-state index in [2.05, 4.69) is 32.5 Å². The van der Waals surface area contributed by atoms with Crippen molar-refractivity contribution < 1.29 is 14.3 Å². The molecule has 0 spiro atoms. The van der Waals surface area contributed by atoms with Crippen molar-refractivity contribution in [2.45, 2.75) is 26.4 Å². The largest absolute Gasteiger partial charge is 0.444 e. The summed E-state index contributed by atoms with van der Waals surface area (Å²) >= 11 is 2.98. The van der Waals surface area contributed by atoms with Crippen LogP contribution in [0.2, 0.25) is 0 Å². The summed E-state index contributed by atoms with van der Waals surface area (Å²) in [6.07, 6.45) is 1.03. The summed E-state index contributed by atoms with van der Waals surface area (Å²) in [5.41, 5.74) is 1.28. The standard InChI is InChI=1S/C24H29N5O3S2/c1-24(2,3)32-23(31)27-17-8-7-16(19-6-5-13-33-19)14-18(17)26-21(30)20-15-25-22(34-20)29-11-9-28(4)10-12-29/h5-8,13-15H,9-12H2,1-4H3,(H,26,30)(H,27,31). The van der Waals surface area contributed by atoms with Crippen LogP contribution in [0.25, 0.3) is 10.4 Å². The average molecular weight is 500 g/mol. The topological polar surface area (TPSA) is 86.8 Å². The van der Waals surface area contributed by atoms with Crippen LogP contribution in [0.4, 0.5) is 21.3 Å². The van der Waals surface area contributed by atoms with E-state index < -0.39 is 11.7 Å². The lowest BCUT2D eigenvalue weighted by Crippen LogP contribution is -2.44. The molecule has 2 N–H and O–H groups in total. The summed E-state index contributed by atoms with van der Waals surface area (Å²) in [5.74, 6) is -0.270. The van der Waals surface area contributed by atoms with Gasteiger partial charge in [-0.05, 0) is 57.0 Å². The fourth-order valence-corrected chi connectivity index (χ4v) is 5.05. The number of carbonyl (C=O) groups excluding carboxylic acids is 2. The van der Waals surface area contributed by atoms with Crippen LogP contribution >= 0.6 is 22.7 Å². The number of amides is 2. The molecule has 2 aromatic heterocycles. The maximum Gasteiger partial charge on any atom is 0.412 e. The highest BCUT2D eigenvalue weighted by atomic mass is 32.1. The quantitative estimate of drug-likeness (QED) is 0.500. The molecular weight excluding hydrogens is 470 g/mol. The van der Waals surface area contributed by atoms with Crippen molar-refractivity contribution in [3.05, 3.63) is 46.8 Å². The fourth-order valence-electron chi connectivity index (χ4n) is 3.46. The molecule has 0 radical (unpaired) electrons. The molecule has 3 heterocycles. The van der Waals surface area contributed by atoms with Gasteiger partial charge in [0.15, 0.2) is 5.13 Å². The molecule has 1 fully saturated rings. The van der Waals surface area contributed by atoms with E-state index in [1.54, 1.807) is 44.4 Å². The van der Waals surface area contributed by atoms with Gasteiger partial charge in [0.25, 0.3) is 5.91 Å². The van der Waals surface area contributed by atoms with Crippen molar-refractivity contribution in [3.8, 4) is 10.4 Å². The Morgan fingerprint density at radius 3 is 2.50 bits per heavy atom. The Balaban J connectivity index is 1.54. The molecule has 1 saturated heterocycles. The third-order valence-corrected chi connectivity index (χ3v) is 7.18. The van der Waals surface area contributed by atoms with Gasteiger partial charge in [-0.25, -0.2) is 9.78 Å². The first-order chi connectivity index (χ1) is 16.2. The first kappa shape index (κ1) is 24.2. The third kappa shape index (κ3) is 6.13. The monoisotopic (exact) mass is 499 g/mol. The van der Waals surface area contributed by atoms with Crippen LogP contribution in [0.3, 0.4) is 0 Å². The maximum atomic E-state index is 13.1. The van der Waals surface area contributed by atoms with Gasteiger partial charge in [0.05, 0.1) is 17.6 Å². The minimum atomic E-state index is -0.632. The van der Waals surface area contributed by atoms with E-state index in [-0.39, 0.29) is 5.91 Å². The number of hydrogen-bond acceptors (Lipinski definition) is 8. The zero-order chi connectivity index (χ0) is 24.3. The third-order valence-electron chi connectivity index (χ3n) is 5.20. The first-order valence-corrected chi connectivity index (χ1v) is 12.8. The Morgan fingerprint density at radius 1 is 1.06 bits per heavy atom. The highest BCUT2D eigenvalue weighted by molar-refractivity contribution is 7.17. The Kier molecular flexibility index (Phi) is 7.20. The Morgan fingerprint density at radius 2 is 1.82 bits per heavy atom. The Bertz CT molecular complexity index is 1150. The summed E-state index contributed by atoms with van der Waals surface area (Å²) in [5, 5.41) is 8.56. The van der Waals surface area contributed by atoms with E-state index in [1.807, 2.05) is 29.6 Å². The minimum Gasteiger partial charge on any atom is -0.444 e. The Hall–Kier alpha value is -2.95. The molecule has 8 nitrogen and oxygen atoms in total. The van der Waals surface area contributed by atoms with Gasteiger partial charge in [0.1, 0.15) is 10.5 Å². The highest BCUT2D eigenvalue weighted by Gasteiger charge is 2.21. The number of thiophene rings is 1. The van der Waals surface area contributed by atoms with Crippen LogP contribution in [0.15, 0.2) is 41.9 Å². The maximum absolute atomic E-state index is 13.1. The number of hydrogen-bond donors (Lipinski definition) is 2. The van der Waals surface area contributed by atoms with E-state index in [1.165, 1.54) is 11.3 Å². The molecule has 1 aromatic carbocycles. The van der Waals surface area contributed by atoms with Gasteiger partial charge in [-0.3, -0.25) is 10.1 Å². The number of nitrogens with one attached hydrogen (secondary N) is 2. The van der Waals surface area contributed by atoms with Gasteiger partial charge in [0, 0.05) is 31.1 Å². The van der Waals surface area contributed by atoms with E-state index in [0.29, 0.717) is 16.3 Å². The lowest BCUT2D eigenvalue weighted by Gasteiger charge is -2.32. The highest BCUT2D eigenvalue weighted by Crippen LogP contribution is 2.33. The van der Waals surface area contributed by atoms with Crippen molar-refractivity contribution in [1.82, 2.24) is 9.88 Å². The predicted molar refractivity (Wildman–Crippen MR) is 139 cm³/mol. The van der Waals surface area contributed by atoms with Crippen molar-refractivity contribution in [2.75, 3.05) is 48.8 Å². The molecule has 0 saturated carbocycles. The molecule has 4 rings (SSSR count). The summed E-state index contributed by atoms with van der Waals surface area (Å²) in [4.78, 5) is 36.0. The molecule has 0 aliphatic carbocycles. The SMILES string of the molecule is CN1CCN(c2ncc(C(=O)Nc3cc(-c4cccs4)ccc3NC(=O)OC(C)(C)C)s2)CC1. The minimum absolute atomic E-state index is 0.270. The van der Waals surface area contributed by atoms with E-state index in [0.717, 1.165) is 41.8 Å². The number of aromatic nitrogens is 1. The van der Waals surface area contributed by atoms with Gasteiger partial charge >= 0.3 is 6.09 Å². The second-order valence-electron chi connectivity index (χ2n) is 9.12. The van der Waals surface area contributed by atoms with E-state index in [9.17, 15) is 9.59 Å². The molecule has 1 aliphatic rings. The number of benzene rings is 1. The van der Waals surface area contributed by atoms with Crippen LogP contribution < -0.4 is 15.5 Å². The zero-order valence-corrected chi connectivity index (χ0v) is 21.4. The van der Waals surface area contributed by atoms with Crippen LogP contribution in [-0.2, 0) is 4.74 Å². The lowest BCUT2D eigenvalue weighted by molar-refractivity contribution is 0.0635. The second kappa shape index (κ2) is 10.1. The lowest BCUT2D eigenvalue weighted by atomic mass is 10.1. The molecule has 1 aliphatic heterocycles. The van der Waals surface area contributed by atoms with E-state index >= 15 is 0 Å². The first-order valence-electron chi connectivity index (χ1n) is 11.1. The van der Waals surface area contributed by atoms with Crippen molar-refractivity contribution in [3.63, 3.8) is 0 Å². The van der Waals surface area contributed by atoms with Gasteiger partial charge in [0.2, 0.25) is 0 Å². The number of nitrogens with zero attached hydrogens (tertiary/aromatic N) is 3. The Labute approximate surface area is 207 Å². The van der Waals surface area contributed by atoms with Crippen molar-refractivity contribution >= 4 is 51.2 Å². The molecule has 0 bridgehead atoms. The summed E-state index contributed by atoms with van der Waals surface area (Å²) < 4.78 is 5.39. The fraction of sp³-hybridized carbons (Fsp3) is 0.375. The molecule has 34 heavy (non-hydrogen) atoms. The zero-order valence-electron chi connectivity index (χ0n) is 19.8. The number of thiazole rings is 1. The van der Waals surface area contributed by atoms with Crippen LogP contribution in [0, 0.1) is 0 Å². The van der Waals surface area contributed by atoms with Gasteiger partial charge in [-0.1, -0.05) is 23.5 Å². The molecule has 10 heteroatoms. The summed E-state index contributed by atoms with van der Waals surface area (Å²) in [6.45, 7) is 9.12. The average Bonchev–Trinajstić information content (AvgIpc) is 3.47. The number of ether oxygens (including phenoxy) is 1. The van der Waals surface area contributed by atoms with Crippen molar-refractivity contribution in [2.24, 2.45) is 0 Å². The molecule has 0 atom stereocenters. The number of piperazine rings is 1. The van der Waals surface area contributed by atoms with E-state index in [4.69, 9.17) is 4.74 Å². The van der Waals surface area contributed by atoms with Gasteiger partial charge in [-0.15, -0.1) is 11.3 Å². The molecular formula is C24H29N5O3S2. The van der Waals surface area contributed by atoms with Crippen LogP contribution in [0.5, 0.6) is 0 Å². The van der Waals surface area contributed by atoms with Gasteiger partial charge < -0.3 is 19.9 Å². The number of likely N-dealkylation sites (N-methyl/N-ethyl adjacent to an activating group) is 1. The smallest absolute Gasteiger partial charge is 0.412 e. The molecule has 0 unspecified atom stereocenters. The molecule has 180 valence electrons. The van der Waals surface area contributed by atoms with Crippen LogP contribution in [-0.4, -0.2) is 60.7 Å². The molecule has 2 amide bonds. The normalized spacial score (nSPS) is 14.6. The number of carbonyl (C=O) groups is 2. The van der Waals surface area contributed by atoms with Crippen molar-refractivity contribution in [1.29, 1.82) is 0 Å². The second-order valence-corrected chi connectivity index (χ2v) is 11.1. The van der Waals surface area contributed by atoms with Gasteiger partial charge in [-0.2, -0.15) is 0 Å². The molecule has 3 aromatic rings. The predicted octanol–water partition coefficient (Wildman–Crippen LogP) is 5.22.